The zero-order valence-corrected chi connectivity index (χ0v) is 14.2. The molecule has 1 aliphatic heterocycles. The highest BCUT2D eigenvalue weighted by Crippen LogP contribution is 2.40. The lowest BCUT2D eigenvalue weighted by molar-refractivity contribution is 0.293. The molecule has 0 unspecified atom stereocenters. The minimum absolute atomic E-state index is 0.555. The van der Waals surface area contributed by atoms with Crippen LogP contribution in [0.25, 0.3) is 10.2 Å². The summed E-state index contributed by atoms with van der Waals surface area (Å²) in [6.45, 7) is 7.17. The highest BCUT2D eigenvalue weighted by molar-refractivity contribution is 7.18. The van der Waals surface area contributed by atoms with Gasteiger partial charge in [0.2, 0.25) is 0 Å². The van der Waals surface area contributed by atoms with Crippen molar-refractivity contribution in [3.63, 3.8) is 0 Å². The summed E-state index contributed by atoms with van der Waals surface area (Å²) in [6, 6.07) is 2.17. The zero-order chi connectivity index (χ0) is 15.5. The summed E-state index contributed by atoms with van der Waals surface area (Å²) in [5.74, 6) is 2.15. The Kier molecular flexibility index (Phi) is 4.74. The van der Waals surface area contributed by atoms with Gasteiger partial charge in [0.25, 0.3) is 0 Å². The highest BCUT2D eigenvalue weighted by atomic mass is 32.1. The van der Waals surface area contributed by atoms with Crippen LogP contribution in [0, 0.1) is 0 Å². The molecule has 0 aromatic carbocycles. The molecule has 5 heteroatoms. The number of aromatic nitrogens is 2. The fourth-order valence-electron chi connectivity index (χ4n) is 2.67. The molecule has 0 amide bonds. The number of hydrogen-bond donors (Lipinski definition) is 1. The second-order valence-electron chi connectivity index (χ2n) is 5.67. The number of anilines is 1. The Labute approximate surface area is 136 Å². The van der Waals surface area contributed by atoms with Crippen molar-refractivity contribution in [3.8, 4) is 0 Å². The summed E-state index contributed by atoms with van der Waals surface area (Å²) < 4.78 is 0. The van der Waals surface area contributed by atoms with Gasteiger partial charge in [-0.05, 0) is 25.3 Å². The first-order chi connectivity index (χ1) is 10.8. The summed E-state index contributed by atoms with van der Waals surface area (Å²) in [7, 11) is 0. The molecule has 2 aromatic rings. The minimum atomic E-state index is 0.555. The van der Waals surface area contributed by atoms with Crippen LogP contribution in [0.3, 0.4) is 0 Å². The summed E-state index contributed by atoms with van der Waals surface area (Å²) in [5, 5.41) is 1.03. The van der Waals surface area contributed by atoms with Gasteiger partial charge in [0.15, 0.2) is 0 Å². The van der Waals surface area contributed by atoms with Gasteiger partial charge in [0.05, 0.1) is 5.39 Å². The third-order valence-corrected chi connectivity index (χ3v) is 4.97. The molecule has 4 nitrogen and oxygen atoms in total. The van der Waals surface area contributed by atoms with E-state index in [1.165, 1.54) is 17.7 Å². The molecule has 0 bridgehead atoms. The van der Waals surface area contributed by atoms with Gasteiger partial charge in [-0.2, -0.15) is 0 Å². The number of fused-ring (bicyclic) bond motifs is 1. The molecule has 1 aliphatic carbocycles. The summed E-state index contributed by atoms with van der Waals surface area (Å²) in [5.41, 5.74) is 6.10. The first-order valence-electron chi connectivity index (χ1n) is 8.23. The molecule has 4 rings (SSSR count). The molecular formula is C17H24N4S. The van der Waals surface area contributed by atoms with Crippen LogP contribution < -0.4 is 5.73 Å². The Morgan fingerprint density at radius 2 is 2.09 bits per heavy atom. The summed E-state index contributed by atoms with van der Waals surface area (Å²) >= 11 is 1.77. The standard InChI is InChI=1S/C15H18N4S.C2H6/c16-13-12-8-11(9-19-6-2-1-3-7-19)20-15(12)18-14(17-13)10-4-5-10;1-2/h1-2,8,10H,3-7,9H2,(H2,16,17,18);1-2H3. The van der Waals surface area contributed by atoms with Crippen LogP contribution in [0.5, 0.6) is 0 Å². The maximum Gasteiger partial charge on any atom is 0.135 e. The van der Waals surface area contributed by atoms with E-state index in [4.69, 9.17) is 10.7 Å². The van der Waals surface area contributed by atoms with Gasteiger partial charge in [-0.15, -0.1) is 11.3 Å². The summed E-state index contributed by atoms with van der Waals surface area (Å²) in [6.07, 6.45) is 8.08. The van der Waals surface area contributed by atoms with Crippen LogP contribution >= 0.6 is 11.3 Å². The first kappa shape index (κ1) is 15.4. The molecule has 1 fully saturated rings. The molecule has 1 saturated carbocycles. The molecular weight excluding hydrogens is 292 g/mol. The third-order valence-electron chi connectivity index (χ3n) is 3.95. The van der Waals surface area contributed by atoms with E-state index in [-0.39, 0.29) is 0 Å². The number of nitrogens with zero attached hydrogens (tertiary/aromatic N) is 3. The van der Waals surface area contributed by atoms with E-state index < -0.39 is 0 Å². The van der Waals surface area contributed by atoms with E-state index in [0.717, 1.165) is 42.1 Å². The van der Waals surface area contributed by atoms with Crippen LogP contribution in [-0.4, -0.2) is 28.0 Å². The van der Waals surface area contributed by atoms with E-state index in [1.807, 2.05) is 13.8 Å². The molecule has 22 heavy (non-hydrogen) atoms. The lowest BCUT2D eigenvalue weighted by Gasteiger charge is -2.21. The van der Waals surface area contributed by atoms with E-state index in [1.54, 1.807) is 11.3 Å². The molecule has 0 radical (unpaired) electrons. The fourth-order valence-corrected chi connectivity index (χ4v) is 3.75. The lowest BCUT2D eigenvalue weighted by atomic mass is 10.2. The first-order valence-corrected chi connectivity index (χ1v) is 9.04. The lowest BCUT2D eigenvalue weighted by Crippen LogP contribution is -2.26. The van der Waals surface area contributed by atoms with Gasteiger partial charge < -0.3 is 5.73 Å². The second-order valence-corrected chi connectivity index (χ2v) is 6.78. The second kappa shape index (κ2) is 6.75. The Morgan fingerprint density at radius 3 is 2.77 bits per heavy atom. The minimum Gasteiger partial charge on any atom is -0.383 e. The van der Waals surface area contributed by atoms with Crippen molar-refractivity contribution in [2.45, 2.75) is 45.6 Å². The van der Waals surface area contributed by atoms with E-state index in [2.05, 4.69) is 28.1 Å². The van der Waals surface area contributed by atoms with Crippen LogP contribution in [0.1, 0.15) is 49.7 Å². The molecule has 118 valence electrons. The maximum atomic E-state index is 6.10. The molecule has 2 N–H and O–H groups in total. The third kappa shape index (κ3) is 3.31. The van der Waals surface area contributed by atoms with Crippen molar-refractivity contribution in [1.82, 2.24) is 14.9 Å². The van der Waals surface area contributed by atoms with Crippen molar-refractivity contribution >= 4 is 27.4 Å². The van der Waals surface area contributed by atoms with Gasteiger partial charge in [0, 0.05) is 30.4 Å². The van der Waals surface area contributed by atoms with Crippen LogP contribution in [-0.2, 0) is 6.54 Å². The smallest absolute Gasteiger partial charge is 0.135 e. The van der Waals surface area contributed by atoms with Crippen molar-refractivity contribution in [2.24, 2.45) is 0 Å². The zero-order valence-electron chi connectivity index (χ0n) is 13.4. The maximum absolute atomic E-state index is 6.10. The number of thiophene rings is 1. The molecule has 0 saturated heterocycles. The van der Waals surface area contributed by atoms with Crippen molar-refractivity contribution in [2.75, 3.05) is 18.8 Å². The number of rotatable bonds is 3. The van der Waals surface area contributed by atoms with Crippen LogP contribution in [0.15, 0.2) is 18.2 Å². The SMILES string of the molecule is CC.Nc1nc(C2CC2)nc2sc(CN3CC=CCC3)cc12. The highest BCUT2D eigenvalue weighted by Gasteiger charge is 2.27. The predicted molar refractivity (Wildman–Crippen MR) is 94.2 cm³/mol. The van der Waals surface area contributed by atoms with Gasteiger partial charge in [0.1, 0.15) is 16.5 Å². The van der Waals surface area contributed by atoms with E-state index in [0.29, 0.717) is 11.7 Å². The fraction of sp³-hybridized carbons (Fsp3) is 0.529. The molecule has 2 aliphatic rings. The van der Waals surface area contributed by atoms with Crippen LogP contribution in [0.2, 0.25) is 0 Å². The van der Waals surface area contributed by atoms with Crippen molar-refractivity contribution in [1.29, 1.82) is 0 Å². The van der Waals surface area contributed by atoms with Crippen LogP contribution in [0.4, 0.5) is 5.82 Å². The Hall–Kier alpha value is -1.46. The van der Waals surface area contributed by atoms with Gasteiger partial charge in [-0.25, -0.2) is 9.97 Å². The van der Waals surface area contributed by atoms with E-state index in [9.17, 15) is 0 Å². The van der Waals surface area contributed by atoms with Crippen molar-refractivity contribution in [3.05, 3.63) is 28.9 Å². The Balaban J connectivity index is 0.000000693. The number of hydrogen-bond acceptors (Lipinski definition) is 5. The number of nitrogen functional groups attached to an aromatic ring is 1. The summed E-state index contributed by atoms with van der Waals surface area (Å²) in [4.78, 5) is 14.0. The largest absolute Gasteiger partial charge is 0.383 e. The van der Waals surface area contributed by atoms with Gasteiger partial charge in [-0.3, -0.25) is 4.90 Å². The van der Waals surface area contributed by atoms with Gasteiger partial charge in [-0.1, -0.05) is 26.0 Å². The van der Waals surface area contributed by atoms with Crippen molar-refractivity contribution < 1.29 is 0 Å². The quantitative estimate of drug-likeness (QED) is 0.871. The average Bonchev–Trinajstić information content (AvgIpc) is 3.32. The topological polar surface area (TPSA) is 55.0 Å². The average molecular weight is 316 g/mol. The normalized spacial score (nSPS) is 18.3. The molecule has 2 aromatic heterocycles. The van der Waals surface area contributed by atoms with E-state index >= 15 is 0 Å². The predicted octanol–water partition coefficient (Wildman–Crippen LogP) is 3.94. The van der Waals surface area contributed by atoms with Gasteiger partial charge >= 0.3 is 0 Å². The molecule has 0 spiro atoms. The monoisotopic (exact) mass is 316 g/mol. The molecule has 3 heterocycles. The number of nitrogens with two attached hydrogens (primary N) is 1. The Bertz CT molecular complexity index is 673. The molecule has 0 atom stereocenters. The Morgan fingerprint density at radius 1 is 1.27 bits per heavy atom.